The minimum Gasteiger partial charge on any atom is -0.488 e. The summed E-state index contributed by atoms with van der Waals surface area (Å²) < 4.78 is 32.2. The van der Waals surface area contributed by atoms with Gasteiger partial charge in [0.15, 0.2) is 0 Å². The van der Waals surface area contributed by atoms with E-state index < -0.39 is 17.7 Å². The maximum absolute atomic E-state index is 13.6. The molecule has 0 heterocycles. The molecule has 2 rings (SSSR count). The van der Waals surface area contributed by atoms with E-state index in [4.69, 9.17) is 10.00 Å². The van der Waals surface area contributed by atoms with Crippen molar-refractivity contribution in [1.29, 1.82) is 5.26 Å². The van der Waals surface area contributed by atoms with Crippen molar-refractivity contribution in [2.45, 2.75) is 19.6 Å². The Morgan fingerprint density at radius 2 is 2.00 bits per heavy atom. The highest BCUT2D eigenvalue weighted by atomic mass is 19.1. The van der Waals surface area contributed by atoms with Gasteiger partial charge in [-0.25, -0.2) is 8.78 Å². The Morgan fingerprint density at radius 3 is 2.67 bits per heavy atom. The second-order valence-electron chi connectivity index (χ2n) is 4.56. The van der Waals surface area contributed by atoms with Crippen LogP contribution in [0, 0.1) is 23.0 Å². The van der Waals surface area contributed by atoms with Crippen LogP contribution in [-0.2, 0) is 6.61 Å². The largest absolute Gasteiger partial charge is 0.488 e. The first-order chi connectivity index (χ1) is 10.0. The minimum absolute atomic E-state index is 0.118. The zero-order valence-electron chi connectivity index (χ0n) is 11.3. The molecule has 2 aromatic carbocycles. The molecule has 0 spiro atoms. The van der Waals surface area contributed by atoms with Gasteiger partial charge < -0.3 is 9.84 Å². The molecule has 1 atom stereocenters. The van der Waals surface area contributed by atoms with Crippen LogP contribution in [0.2, 0.25) is 0 Å². The van der Waals surface area contributed by atoms with Gasteiger partial charge in [-0.15, -0.1) is 0 Å². The fourth-order valence-electron chi connectivity index (χ4n) is 1.89. The van der Waals surface area contributed by atoms with Gasteiger partial charge in [0.05, 0.1) is 17.7 Å². The van der Waals surface area contributed by atoms with E-state index in [1.165, 1.54) is 43.3 Å². The molecule has 5 heteroatoms. The molecule has 108 valence electrons. The molecular weight excluding hydrogens is 276 g/mol. The Bertz CT molecular complexity index is 693. The molecule has 3 nitrogen and oxygen atoms in total. The molecule has 2 aromatic rings. The number of hydrogen-bond donors (Lipinski definition) is 1. The quantitative estimate of drug-likeness (QED) is 0.937. The third kappa shape index (κ3) is 3.56. The topological polar surface area (TPSA) is 53.2 Å². The number of aliphatic hydroxyl groups excluding tert-OH is 1. The third-order valence-electron chi connectivity index (χ3n) is 2.98. The van der Waals surface area contributed by atoms with Gasteiger partial charge in [-0.3, -0.25) is 0 Å². The first-order valence-electron chi connectivity index (χ1n) is 6.30. The summed E-state index contributed by atoms with van der Waals surface area (Å²) in [6.45, 7) is 1.37. The number of nitrogens with zero attached hydrogens (tertiary/aromatic N) is 1. The molecular formula is C16H13F2NO2. The highest BCUT2D eigenvalue weighted by Crippen LogP contribution is 2.27. The number of aliphatic hydroxyl groups is 1. The van der Waals surface area contributed by atoms with Crippen LogP contribution >= 0.6 is 0 Å². The van der Waals surface area contributed by atoms with E-state index in [2.05, 4.69) is 0 Å². The van der Waals surface area contributed by atoms with Gasteiger partial charge in [-0.1, -0.05) is 0 Å². The number of nitriles is 1. The average molecular weight is 289 g/mol. The van der Waals surface area contributed by atoms with Gasteiger partial charge in [0.25, 0.3) is 0 Å². The smallest absolute Gasteiger partial charge is 0.129 e. The molecule has 0 aliphatic rings. The van der Waals surface area contributed by atoms with E-state index in [0.29, 0.717) is 5.56 Å². The molecule has 0 saturated heterocycles. The van der Waals surface area contributed by atoms with Gasteiger partial charge in [0.1, 0.15) is 24.0 Å². The summed E-state index contributed by atoms with van der Waals surface area (Å²) in [4.78, 5) is 0. The fraction of sp³-hybridized carbons (Fsp3) is 0.188. The molecule has 0 bridgehead atoms. The Labute approximate surface area is 121 Å². The lowest BCUT2D eigenvalue weighted by Crippen LogP contribution is -2.03. The van der Waals surface area contributed by atoms with Crippen molar-refractivity contribution in [3.63, 3.8) is 0 Å². The fourth-order valence-corrected chi connectivity index (χ4v) is 1.89. The van der Waals surface area contributed by atoms with Gasteiger partial charge in [-0.05, 0) is 43.3 Å². The summed E-state index contributed by atoms with van der Waals surface area (Å²) in [5, 5.41) is 18.4. The van der Waals surface area contributed by atoms with Crippen LogP contribution in [-0.4, -0.2) is 5.11 Å². The van der Waals surface area contributed by atoms with Gasteiger partial charge in [-0.2, -0.15) is 5.26 Å². The van der Waals surface area contributed by atoms with Crippen molar-refractivity contribution in [2.75, 3.05) is 0 Å². The predicted octanol–water partition coefficient (Wildman–Crippen LogP) is 3.47. The van der Waals surface area contributed by atoms with E-state index in [-0.39, 0.29) is 23.5 Å². The molecule has 0 aliphatic heterocycles. The summed E-state index contributed by atoms with van der Waals surface area (Å²) in [7, 11) is 0. The summed E-state index contributed by atoms with van der Waals surface area (Å²) in [5.74, 6) is -0.709. The second-order valence-corrected chi connectivity index (χ2v) is 4.56. The molecule has 0 amide bonds. The Morgan fingerprint density at radius 1 is 1.24 bits per heavy atom. The van der Waals surface area contributed by atoms with Crippen molar-refractivity contribution < 1.29 is 18.6 Å². The van der Waals surface area contributed by atoms with E-state index in [1.807, 2.05) is 6.07 Å². The van der Waals surface area contributed by atoms with Gasteiger partial charge in [0, 0.05) is 11.1 Å². The zero-order valence-corrected chi connectivity index (χ0v) is 11.3. The standard InChI is InChI=1S/C16H13F2NO2/c1-10(20)14-7-13(17)3-5-16(14)21-9-12-6-11(8-19)2-4-15(12)18/h2-7,10,20H,9H2,1H3/t10-/m1/s1. The maximum atomic E-state index is 13.6. The first kappa shape index (κ1) is 14.9. The number of rotatable bonds is 4. The zero-order chi connectivity index (χ0) is 15.4. The van der Waals surface area contributed by atoms with E-state index in [9.17, 15) is 13.9 Å². The van der Waals surface area contributed by atoms with Crippen molar-refractivity contribution >= 4 is 0 Å². The molecule has 0 aromatic heterocycles. The Kier molecular flexibility index (Phi) is 4.51. The number of halogens is 2. The summed E-state index contributed by atoms with van der Waals surface area (Å²) in [6, 6.07) is 9.62. The summed E-state index contributed by atoms with van der Waals surface area (Å²) in [5.41, 5.74) is 0.826. The first-order valence-corrected chi connectivity index (χ1v) is 6.30. The van der Waals surface area contributed by atoms with Crippen LogP contribution in [0.3, 0.4) is 0 Å². The Balaban J connectivity index is 2.23. The van der Waals surface area contributed by atoms with Gasteiger partial charge in [0.2, 0.25) is 0 Å². The SMILES string of the molecule is C[C@@H](O)c1cc(F)ccc1OCc1cc(C#N)ccc1F. The third-order valence-corrected chi connectivity index (χ3v) is 2.98. The van der Waals surface area contributed by atoms with Crippen molar-refractivity contribution in [3.05, 3.63) is 64.7 Å². The molecule has 0 unspecified atom stereocenters. The summed E-state index contributed by atoms with van der Waals surface area (Å²) in [6.07, 6.45) is -0.911. The summed E-state index contributed by atoms with van der Waals surface area (Å²) >= 11 is 0. The molecule has 1 N–H and O–H groups in total. The van der Waals surface area contributed by atoms with Crippen LogP contribution in [0.5, 0.6) is 5.75 Å². The van der Waals surface area contributed by atoms with Crippen LogP contribution in [0.15, 0.2) is 36.4 Å². The predicted molar refractivity (Wildman–Crippen MR) is 72.5 cm³/mol. The van der Waals surface area contributed by atoms with E-state index >= 15 is 0 Å². The van der Waals surface area contributed by atoms with Crippen molar-refractivity contribution in [3.8, 4) is 11.8 Å². The molecule has 21 heavy (non-hydrogen) atoms. The van der Waals surface area contributed by atoms with E-state index in [1.54, 1.807) is 0 Å². The second kappa shape index (κ2) is 6.33. The van der Waals surface area contributed by atoms with Crippen LogP contribution < -0.4 is 4.74 Å². The lowest BCUT2D eigenvalue weighted by molar-refractivity contribution is 0.189. The van der Waals surface area contributed by atoms with Crippen LogP contribution in [0.4, 0.5) is 8.78 Å². The molecule has 0 fully saturated rings. The maximum Gasteiger partial charge on any atom is 0.129 e. The Hall–Kier alpha value is -2.45. The monoisotopic (exact) mass is 289 g/mol. The van der Waals surface area contributed by atoms with Crippen molar-refractivity contribution in [2.24, 2.45) is 0 Å². The highest BCUT2D eigenvalue weighted by Gasteiger charge is 2.12. The highest BCUT2D eigenvalue weighted by molar-refractivity contribution is 5.37. The molecule has 0 aliphatic carbocycles. The van der Waals surface area contributed by atoms with E-state index in [0.717, 1.165) is 0 Å². The number of hydrogen-bond acceptors (Lipinski definition) is 3. The number of benzene rings is 2. The lowest BCUT2D eigenvalue weighted by atomic mass is 10.1. The minimum atomic E-state index is -0.911. The lowest BCUT2D eigenvalue weighted by Gasteiger charge is -2.14. The van der Waals surface area contributed by atoms with Gasteiger partial charge >= 0.3 is 0 Å². The van der Waals surface area contributed by atoms with Crippen LogP contribution in [0.25, 0.3) is 0 Å². The average Bonchev–Trinajstić information content (AvgIpc) is 2.47. The van der Waals surface area contributed by atoms with Crippen LogP contribution in [0.1, 0.15) is 29.7 Å². The number of ether oxygens (including phenoxy) is 1. The molecule has 0 saturated carbocycles. The van der Waals surface area contributed by atoms with Crippen molar-refractivity contribution in [1.82, 2.24) is 0 Å². The normalized spacial score (nSPS) is 11.8. The molecule has 0 radical (unpaired) electrons.